The van der Waals surface area contributed by atoms with Crippen LogP contribution in [0.2, 0.25) is 0 Å². The monoisotopic (exact) mass is 334 g/mol. The summed E-state index contributed by atoms with van der Waals surface area (Å²) < 4.78 is 45.6. The summed E-state index contributed by atoms with van der Waals surface area (Å²) in [7, 11) is 1.64. The van der Waals surface area contributed by atoms with Gasteiger partial charge in [-0.15, -0.1) is 0 Å². The minimum absolute atomic E-state index is 0.267. The van der Waals surface area contributed by atoms with E-state index in [1.165, 1.54) is 6.20 Å². The molecule has 0 aliphatic rings. The summed E-state index contributed by atoms with van der Waals surface area (Å²) in [5.74, 6) is 0. The average molecular weight is 334 g/mol. The highest BCUT2D eigenvalue weighted by molar-refractivity contribution is 5.65. The van der Waals surface area contributed by atoms with Gasteiger partial charge in [-0.3, -0.25) is 4.40 Å². The number of halogens is 3. The van der Waals surface area contributed by atoms with E-state index in [4.69, 9.17) is 4.74 Å². The molecular formula is C18H17F3N2O. The largest absolute Gasteiger partial charge is 0.433 e. The summed E-state index contributed by atoms with van der Waals surface area (Å²) in [5.41, 5.74) is 1.58. The van der Waals surface area contributed by atoms with Crippen LogP contribution in [-0.2, 0) is 16.5 Å². The van der Waals surface area contributed by atoms with Gasteiger partial charge in [0.05, 0.1) is 11.8 Å². The molecule has 0 saturated heterocycles. The predicted molar refractivity (Wildman–Crippen MR) is 85.7 cm³/mol. The normalized spacial score (nSPS) is 12.8. The lowest BCUT2D eigenvalue weighted by molar-refractivity contribution is -0.141. The van der Waals surface area contributed by atoms with Gasteiger partial charge >= 0.3 is 6.18 Å². The summed E-state index contributed by atoms with van der Waals surface area (Å²) >= 11 is 0. The number of alkyl halides is 3. The number of nitrogens with zero attached hydrogens (tertiary/aromatic N) is 2. The lowest BCUT2D eigenvalue weighted by Crippen LogP contribution is -2.19. The fraction of sp³-hybridized carbons (Fsp3) is 0.278. The van der Waals surface area contributed by atoms with Crippen molar-refractivity contribution in [3.63, 3.8) is 0 Å². The van der Waals surface area contributed by atoms with Gasteiger partial charge < -0.3 is 4.74 Å². The van der Waals surface area contributed by atoms with Crippen LogP contribution in [0.4, 0.5) is 13.2 Å². The van der Waals surface area contributed by atoms with E-state index in [0.29, 0.717) is 5.56 Å². The molecule has 0 amide bonds. The van der Waals surface area contributed by atoms with Crippen molar-refractivity contribution >= 4 is 5.65 Å². The molecule has 126 valence electrons. The predicted octanol–water partition coefficient (Wildman–Crippen LogP) is 4.90. The molecule has 3 aromatic rings. The molecule has 0 aliphatic heterocycles. The van der Waals surface area contributed by atoms with Crippen LogP contribution in [0.3, 0.4) is 0 Å². The molecule has 0 atom stereocenters. The number of imidazole rings is 1. The van der Waals surface area contributed by atoms with Crippen molar-refractivity contribution in [1.29, 1.82) is 0 Å². The van der Waals surface area contributed by atoms with Gasteiger partial charge in [0.15, 0.2) is 0 Å². The number of rotatable bonds is 3. The summed E-state index contributed by atoms with van der Waals surface area (Å²) in [5, 5.41) is 0. The zero-order valence-electron chi connectivity index (χ0n) is 13.6. The Kier molecular flexibility index (Phi) is 3.87. The highest BCUT2D eigenvalue weighted by Crippen LogP contribution is 2.31. The van der Waals surface area contributed by atoms with Gasteiger partial charge in [-0.1, -0.05) is 24.3 Å². The topological polar surface area (TPSA) is 26.5 Å². The molecule has 0 spiro atoms. The Hall–Kier alpha value is -2.34. The van der Waals surface area contributed by atoms with E-state index >= 15 is 0 Å². The molecular weight excluding hydrogens is 317 g/mol. The van der Waals surface area contributed by atoms with Crippen molar-refractivity contribution in [2.24, 2.45) is 0 Å². The fourth-order valence-electron chi connectivity index (χ4n) is 2.54. The third kappa shape index (κ3) is 2.89. The lowest BCUT2D eigenvalue weighted by atomic mass is 9.95. The molecule has 3 nitrogen and oxygen atoms in total. The number of methoxy groups -OCH3 is 1. The molecule has 1 aromatic carbocycles. The summed E-state index contributed by atoms with van der Waals surface area (Å²) in [6.45, 7) is 3.91. The second kappa shape index (κ2) is 5.63. The van der Waals surface area contributed by atoms with E-state index in [1.807, 2.05) is 38.1 Å². The van der Waals surface area contributed by atoms with Gasteiger partial charge in [0.25, 0.3) is 0 Å². The van der Waals surface area contributed by atoms with Crippen LogP contribution in [-0.4, -0.2) is 16.5 Å². The number of fused-ring (bicyclic) bond motifs is 1. The number of aromatic nitrogens is 2. The second-order valence-electron chi connectivity index (χ2n) is 6.08. The molecule has 6 heteroatoms. The quantitative estimate of drug-likeness (QED) is 0.681. The molecule has 0 saturated carbocycles. The SMILES string of the molecule is COC(C)(C)c1ccc(-c2ccc3ncc(C(F)(F)F)n3c2)cc1. The van der Waals surface area contributed by atoms with Gasteiger partial charge in [-0.05, 0) is 42.7 Å². The van der Waals surface area contributed by atoms with Crippen molar-refractivity contribution in [2.75, 3.05) is 7.11 Å². The van der Waals surface area contributed by atoms with Crippen molar-refractivity contribution in [3.05, 3.63) is 60.0 Å². The van der Waals surface area contributed by atoms with Crippen LogP contribution >= 0.6 is 0 Å². The summed E-state index contributed by atoms with van der Waals surface area (Å²) in [4.78, 5) is 3.80. The number of hydrogen-bond acceptors (Lipinski definition) is 2. The van der Waals surface area contributed by atoms with Crippen LogP contribution < -0.4 is 0 Å². The first kappa shape index (κ1) is 16.5. The molecule has 0 unspecified atom stereocenters. The number of ether oxygens (including phenoxy) is 1. The van der Waals surface area contributed by atoms with Gasteiger partial charge in [0.2, 0.25) is 0 Å². The fourth-order valence-corrected chi connectivity index (χ4v) is 2.54. The minimum Gasteiger partial charge on any atom is -0.374 e. The standard InChI is InChI=1S/C18H17F3N2O/c1-17(2,24-3)14-7-4-12(5-8-14)13-6-9-16-22-10-15(18(19,20)21)23(16)11-13/h4-11H,1-3H3. The Balaban J connectivity index is 2.04. The van der Waals surface area contributed by atoms with Crippen LogP contribution in [0.5, 0.6) is 0 Å². The van der Waals surface area contributed by atoms with Crippen molar-refractivity contribution < 1.29 is 17.9 Å². The smallest absolute Gasteiger partial charge is 0.374 e. The maximum absolute atomic E-state index is 13.0. The Labute approximate surface area is 137 Å². The highest BCUT2D eigenvalue weighted by Gasteiger charge is 2.34. The molecule has 0 N–H and O–H groups in total. The lowest BCUT2D eigenvalue weighted by Gasteiger charge is -2.23. The van der Waals surface area contributed by atoms with E-state index in [9.17, 15) is 13.2 Å². The van der Waals surface area contributed by atoms with Gasteiger partial charge in [0, 0.05) is 13.3 Å². The molecule has 24 heavy (non-hydrogen) atoms. The molecule has 2 aromatic heterocycles. The first-order chi connectivity index (χ1) is 11.2. The molecule has 0 bridgehead atoms. The van der Waals surface area contributed by atoms with Crippen LogP contribution in [0.15, 0.2) is 48.8 Å². The van der Waals surface area contributed by atoms with E-state index in [-0.39, 0.29) is 5.65 Å². The molecule has 0 fully saturated rings. The van der Waals surface area contributed by atoms with Crippen molar-refractivity contribution in [3.8, 4) is 11.1 Å². The third-order valence-corrected chi connectivity index (χ3v) is 4.22. The van der Waals surface area contributed by atoms with E-state index in [1.54, 1.807) is 19.2 Å². The number of benzene rings is 1. The first-order valence-corrected chi connectivity index (χ1v) is 7.43. The first-order valence-electron chi connectivity index (χ1n) is 7.43. The average Bonchev–Trinajstić information content (AvgIpc) is 2.98. The Morgan fingerprint density at radius 3 is 2.17 bits per heavy atom. The van der Waals surface area contributed by atoms with Crippen molar-refractivity contribution in [2.45, 2.75) is 25.6 Å². The minimum atomic E-state index is -4.44. The van der Waals surface area contributed by atoms with E-state index in [2.05, 4.69) is 4.98 Å². The van der Waals surface area contributed by atoms with Crippen LogP contribution in [0.25, 0.3) is 16.8 Å². The van der Waals surface area contributed by atoms with Crippen molar-refractivity contribution in [1.82, 2.24) is 9.38 Å². The van der Waals surface area contributed by atoms with Gasteiger partial charge in [-0.25, -0.2) is 4.98 Å². The highest BCUT2D eigenvalue weighted by atomic mass is 19.4. The van der Waals surface area contributed by atoms with Gasteiger partial charge in [0.1, 0.15) is 11.3 Å². The molecule has 0 radical (unpaired) electrons. The van der Waals surface area contributed by atoms with Gasteiger partial charge in [-0.2, -0.15) is 13.2 Å². The van der Waals surface area contributed by atoms with Crippen LogP contribution in [0.1, 0.15) is 25.1 Å². The number of hydrogen-bond donors (Lipinski definition) is 0. The molecule has 0 aliphatic carbocycles. The Bertz CT molecular complexity index is 864. The zero-order valence-corrected chi connectivity index (χ0v) is 13.6. The maximum Gasteiger partial charge on any atom is 0.433 e. The Morgan fingerprint density at radius 2 is 1.58 bits per heavy atom. The van der Waals surface area contributed by atoms with E-state index < -0.39 is 17.5 Å². The van der Waals surface area contributed by atoms with E-state index in [0.717, 1.165) is 21.7 Å². The molecule has 3 rings (SSSR count). The Morgan fingerprint density at radius 1 is 0.958 bits per heavy atom. The molecule has 2 heterocycles. The third-order valence-electron chi connectivity index (χ3n) is 4.22. The summed E-state index contributed by atoms with van der Waals surface area (Å²) in [6, 6.07) is 10.9. The second-order valence-corrected chi connectivity index (χ2v) is 6.08. The summed E-state index contributed by atoms with van der Waals surface area (Å²) in [6.07, 6.45) is -2.13. The number of pyridine rings is 1. The maximum atomic E-state index is 13.0. The zero-order chi connectivity index (χ0) is 17.5. The van der Waals surface area contributed by atoms with Crippen LogP contribution in [0, 0.1) is 0 Å².